The summed E-state index contributed by atoms with van der Waals surface area (Å²) in [6, 6.07) is 10.6. The zero-order chi connectivity index (χ0) is 18.8. The molecule has 0 spiro atoms. The highest BCUT2D eigenvalue weighted by Crippen LogP contribution is 2.24. The molecule has 0 atom stereocenters. The summed E-state index contributed by atoms with van der Waals surface area (Å²) in [4.78, 5) is 25.2. The fourth-order valence-corrected chi connectivity index (χ4v) is 4.01. The first kappa shape index (κ1) is 17.6. The van der Waals surface area contributed by atoms with E-state index < -0.39 is 0 Å². The zero-order valence-corrected chi connectivity index (χ0v) is 15.7. The normalized spacial score (nSPS) is 14.3. The molecule has 3 heterocycles. The molecule has 4 rings (SSSR count). The van der Waals surface area contributed by atoms with Crippen molar-refractivity contribution in [3.05, 3.63) is 80.4 Å². The van der Waals surface area contributed by atoms with Gasteiger partial charge in [0.05, 0.1) is 6.54 Å². The molecule has 27 heavy (non-hydrogen) atoms. The lowest BCUT2D eigenvalue weighted by atomic mass is 10.00. The van der Waals surface area contributed by atoms with Crippen LogP contribution in [0.5, 0.6) is 0 Å². The largest absolute Gasteiger partial charge is 0.352 e. The van der Waals surface area contributed by atoms with Gasteiger partial charge >= 0.3 is 5.69 Å². The van der Waals surface area contributed by atoms with Gasteiger partial charge in [0, 0.05) is 22.8 Å². The van der Waals surface area contributed by atoms with Gasteiger partial charge in [-0.15, -0.1) is 11.3 Å². The summed E-state index contributed by atoms with van der Waals surface area (Å²) in [5.74, 6) is 0.219. The summed E-state index contributed by atoms with van der Waals surface area (Å²) < 4.78 is 14.6. The summed E-state index contributed by atoms with van der Waals surface area (Å²) in [5, 5.41) is 0. The summed E-state index contributed by atoms with van der Waals surface area (Å²) >= 11 is 1.67. The van der Waals surface area contributed by atoms with Crippen molar-refractivity contribution in [3.8, 4) is 0 Å². The first-order chi connectivity index (χ1) is 13.1. The molecule has 0 saturated carbocycles. The second-order valence-corrected chi connectivity index (χ2v) is 7.88. The van der Waals surface area contributed by atoms with E-state index in [1.165, 1.54) is 27.2 Å². The van der Waals surface area contributed by atoms with Gasteiger partial charge in [-0.25, -0.2) is 14.2 Å². The molecule has 138 valence electrons. The van der Waals surface area contributed by atoms with Gasteiger partial charge in [0.25, 0.3) is 0 Å². The zero-order valence-electron chi connectivity index (χ0n) is 14.9. The molecule has 1 aliphatic rings. The van der Waals surface area contributed by atoms with Gasteiger partial charge in [-0.3, -0.25) is 4.57 Å². The maximum atomic E-state index is 13.1. The van der Waals surface area contributed by atoms with Crippen LogP contribution in [0.3, 0.4) is 0 Å². The van der Waals surface area contributed by atoms with E-state index in [1.807, 2.05) is 24.0 Å². The minimum absolute atomic E-state index is 0.233. The maximum Gasteiger partial charge on any atom is 0.352 e. The first-order valence-electron chi connectivity index (χ1n) is 8.77. The first-order valence-corrected chi connectivity index (χ1v) is 9.59. The number of aromatic nitrogens is 3. The van der Waals surface area contributed by atoms with Crippen LogP contribution in [0.1, 0.15) is 21.7 Å². The van der Waals surface area contributed by atoms with Crippen LogP contribution in [-0.4, -0.2) is 27.6 Å². The highest BCUT2D eigenvalue weighted by atomic mass is 32.1. The van der Waals surface area contributed by atoms with Gasteiger partial charge < -0.3 is 4.90 Å². The number of anilines is 1. The Morgan fingerprint density at radius 2 is 2.00 bits per heavy atom. The van der Waals surface area contributed by atoms with Crippen LogP contribution in [0.2, 0.25) is 0 Å². The molecule has 0 unspecified atom stereocenters. The van der Waals surface area contributed by atoms with E-state index in [-0.39, 0.29) is 11.5 Å². The van der Waals surface area contributed by atoms with Crippen LogP contribution in [0.15, 0.2) is 53.6 Å². The smallest absolute Gasteiger partial charge is 0.337 e. The third-order valence-corrected chi connectivity index (χ3v) is 5.57. The minimum Gasteiger partial charge on any atom is -0.337 e. The number of nitrogens with zero attached hydrogens (tertiary/aromatic N) is 4. The monoisotopic (exact) mass is 382 g/mol. The van der Waals surface area contributed by atoms with Crippen molar-refractivity contribution >= 4 is 22.9 Å². The average Bonchev–Trinajstić information content (AvgIpc) is 3.09. The van der Waals surface area contributed by atoms with Crippen molar-refractivity contribution in [2.24, 2.45) is 0 Å². The molecule has 7 heteroatoms. The fraction of sp³-hybridized carbons (Fsp3) is 0.250. The summed E-state index contributed by atoms with van der Waals surface area (Å²) in [6.07, 6.45) is 4.45. The van der Waals surface area contributed by atoms with Crippen LogP contribution in [0.25, 0.3) is 5.57 Å². The van der Waals surface area contributed by atoms with Crippen molar-refractivity contribution in [2.45, 2.75) is 19.9 Å². The molecule has 1 aliphatic heterocycles. The summed E-state index contributed by atoms with van der Waals surface area (Å²) in [7, 11) is 0. The number of hydrogen-bond donors (Lipinski definition) is 0. The van der Waals surface area contributed by atoms with E-state index >= 15 is 0 Å². The molecule has 0 saturated heterocycles. The standard InChI is InChI=1S/C20H19FN4OS/c1-14-2-7-18(27-14)12-25-13-22-19(23-20(25)26)24-10-8-16(9-11-24)15-3-5-17(21)6-4-15/h2-8,13H,9-12H2,1H3. The van der Waals surface area contributed by atoms with E-state index in [0.29, 0.717) is 19.0 Å². The predicted octanol–water partition coefficient (Wildman–Crippen LogP) is 3.49. The van der Waals surface area contributed by atoms with Gasteiger partial charge in [0.2, 0.25) is 5.95 Å². The molecule has 0 radical (unpaired) electrons. The Kier molecular flexibility index (Phi) is 4.85. The minimum atomic E-state index is -0.292. The van der Waals surface area contributed by atoms with Crippen LogP contribution in [-0.2, 0) is 6.54 Å². The topological polar surface area (TPSA) is 51.0 Å². The molecule has 0 N–H and O–H groups in total. The number of halogens is 1. The van der Waals surface area contributed by atoms with Crippen molar-refractivity contribution < 1.29 is 4.39 Å². The third-order valence-electron chi connectivity index (χ3n) is 4.58. The highest BCUT2D eigenvalue weighted by Gasteiger charge is 2.16. The van der Waals surface area contributed by atoms with Crippen molar-refractivity contribution in [1.29, 1.82) is 0 Å². The second-order valence-electron chi connectivity index (χ2n) is 6.51. The lowest BCUT2D eigenvalue weighted by molar-refractivity contribution is 0.627. The molecule has 0 bridgehead atoms. The quantitative estimate of drug-likeness (QED) is 0.693. The van der Waals surface area contributed by atoms with E-state index in [4.69, 9.17) is 0 Å². The van der Waals surface area contributed by atoms with Crippen molar-refractivity contribution in [3.63, 3.8) is 0 Å². The lowest BCUT2D eigenvalue weighted by Gasteiger charge is -2.26. The Labute approximate surface area is 160 Å². The van der Waals surface area contributed by atoms with Gasteiger partial charge in [-0.2, -0.15) is 4.98 Å². The average molecular weight is 382 g/mol. The molecule has 0 amide bonds. The van der Waals surface area contributed by atoms with Crippen LogP contribution < -0.4 is 10.6 Å². The molecular weight excluding hydrogens is 363 g/mol. The van der Waals surface area contributed by atoms with Gasteiger partial charge in [-0.1, -0.05) is 18.2 Å². The van der Waals surface area contributed by atoms with E-state index in [2.05, 4.69) is 16.0 Å². The van der Waals surface area contributed by atoms with Crippen LogP contribution >= 0.6 is 11.3 Å². The number of thiophene rings is 1. The molecule has 1 aromatic carbocycles. The molecule has 2 aromatic heterocycles. The fourth-order valence-electron chi connectivity index (χ4n) is 3.13. The predicted molar refractivity (Wildman–Crippen MR) is 106 cm³/mol. The Balaban J connectivity index is 1.47. The molecule has 5 nitrogen and oxygen atoms in total. The summed E-state index contributed by atoms with van der Waals surface area (Å²) in [6.45, 7) is 3.88. The Morgan fingerprint density at radius 3 is 2.63 bits per heavy atom. The maximum absolute atomic E-state index is 13.1. The number of rotatable bonds is 4. The number of hydrogen-bond acceptors (Lipinski definition) is 5. The number of aryl methyl sites for hydroxylation is 1. The van der Waals surface area contributed by atoms with Crippen molar-refractivity contribution in [2.75, 3.05) is 18.0 Å². The molecule has 0 aliphatic carbocycles. The molecule has 0 fully saturated rings. The van der Waals surface area contributed by atoms with E-state index in [1.54, 1.807) is 29.8 Å². The van der Waals surface area contributed by atoms with E-state index in [9.17, 15) is 9.18 Å². The van der Waals surface area contributed by atoms with Crippen LogP contribution in [0.4, 0.5) is 10.3 Å². The third kappa shape index (κ3) is 3.98. The highest BCUT2D eigenvalue weighted by molar-refractivity contribution is 7.11. The molecular formula is C20H19FN4OS. The second kappa shape index (κ2) is 7.44. The Bertz CT molecular complexity index is 1040. The summed E-state index contributed by atoms with van der Waals surface area (Å²) in [5.41, 5.74) is 1.91. The Morgan fingerprint density at radius 1 is 1.19 bits per heavy atom. The number of benzene rings is 1. The SMILES string of the molecule is Cc1ccc(Cn2cnc(N3CC=C(c4ccc(F)cc4)CC3)nc2=O)s1. The van der Waals surface area contributed by atoms with Crippen LogP contribution in [0, 0.1) is 12.7 Å². The van der Waals surface area contributed by atoms with Crippen molar-refractivity contribution in [1.82, 2.24) is 14.5 Å². The lowest BCUT2D eigenvalue weighted by Crippen LogP contribution is -2.33. The Hall–Kier alpha value is -2.80. The van der Waals surface area contributed by atoms with Gasteiger partial charge in [0.15, 0.2) is 0 Å². The van der Waals surface area contributed by atoms with Gasteiger partial charge in [-0.05, 0) is 48.7 Å². The van der Waals surface area contributed by atoms with E-state index in [0.717, 1.165) is 23.4 Å². The van der Waals surface area contributed by atoms with Gasteiger partial charge in [0.1, 0.15) is 12.1 Å². The molecule has 3 aromatic rings.